The quantitative estimate of drug-likeness (QED) is 0.782. The Morgan fingerprint density at radius 1 is 1.44 bits per heavy atom. The van der Waals surface area contributed by atoms with Crippen LogP contribution in [0, 0.1) is 0 Å². The number of aromatic amines is 1. The summed E-state index contributed by atoms with van der Waals surface area (Å²) in [6.07, 6.45) is 0.237. The molecular formula is C12H12NO3-. The van der Waals surface area contributed by atoms with E-state index >= 15 is 0 Å². The van der Waals surface area contributed by atoms with Crippen molar-refractivity contribution < 1.29 is 15.0 Å². The van der Waals surface area contributed by atoms with Gasteiger partial charge < -0.3 is 20.0 Å². The van der Waals surface area contributed by atoms with E-state index in [4.69, 9.17) is 0 Å². The van der Waals surface area contributed by atoms with Crippen LogP contribution < -0.4 is 5.11 Å². The molecule has 0 saturated heterocycles. The maximum absolute atomic E-state index is 10.6. The van der Waals surface area contributed by atoms with Crippen LogP contribution in [0.1, 0.15) is 18.4 Å². The number of aliphatic hydroxyl groups excluding tert-OH is 1. The van der Waals surface area contributed by atoms with Crippen LogP contribution in [0.5, 0.6) is 0 Å². The van der Waals surface area contributed by atoms with Crippen LogP contribution in [0.15, 0.2) is 30.5 Å². The number of H-pyrrole nitrogens is 1. The van der Waals surface area contributed by atoms with Gasteiger partial charge in [-0.05, 0) is 11.6 Å². The molecule has 2 aromatic rings. The first kappa shape index (κ1) is 10.7. The number of hydrogen-bond acceptors (Lipinski definition) is 3. The molecule has 1 heterocycles. The van der Waals surface area contributed by atoms with Crippen molar-refractivity contribution in [3.8, 4) is 0 Å². The minimum Gasteiger partial charge on any atom is -0.547 e. The van der Waals surface area contributed by atoms with Gasteiger partial charge in [0.2, 0.25) is 0 Å². The lowest BCUT2D eigenvalue weighted by Gasteiger charge is -2.19. The lowest BCUT2D eigenvalue weighted by molar-refractivity contribution is -0.315. The van der Waals surface area contributed by atoms with Crippen LogP contribution >= 0.6 is 0 Å². The summed E-state index contributed by atoms with van der Waals surface area (Å²) in [5, 5.41) is 21.0. The van der Waals surface area contributed by atoms with Crippen molar-refractivity contribution in [3.63, 3.8) is 0 Å². The summed E-state index contributed by atoms with van der Waals surface area (Å²) in [6, 6.07) is 7.55. The minimum absolute atomic E-state index is 0.499. The summed E-state index contributed by atoms with van der Waals surface area (Å²) in [4.78, 5) is 13.6. The number of aliphatic hydroxyl groups is 1. The molecule has 2 rings (SSSR count). The number of carbonyl (C=O) groups excluding carboxylic acids is 1. The maximum Gasteiger partial charge on any atom is 0.1000 e. The standard InChI is InChI=1S/C12H13NO3/c1-7(11(14)12(15)16)9-6-13-10-5-3-2-4-8(9)10/h2-7,11,13-14H,1H3,(H,15,16)/p-1/t7-,11+/m1/s1. The molecular weight excluding hydrogens is 206 g/mol. The first-order chi connectivity index (χ1) is 7.61. The van der Waals surface area contributed by atoms with Crippen LogP contribution in [-0.2, 0) is 4.79 Å². The van der Waals surface area contributed by atoms with Gasteiger partial charge in [0.25, 0.3) is 0 Å². The first-order valence-electron chi connectivity index (χ1n) is 5.06. The minimum atomic E-state index is -1.49. The van der Waals surface area contributed by atoms with E-state index in [0.29, 0.717) is 0 Å². The predicted octanol–water partition coefficient (Wildman–Crippen LogP) is 0.382. The van der Waals surface area contributed by atoms with E-state index in [1.165, 1.54) is 0 Å². The number of fused-ring (bicyclic) bond motifs is 1. The van der Waals surface area contributed by atoms with Gasteiger partial charge in [-0.25, -0.2) is 0 Å². The third-order valence-corrected chi connectivity index (χ3v) is 2.83. The molecule has 0 unspecified atom stereocenters. The summed E-state index contributed by atoms with van der Waals surface area (Å²) < 4.78 is 0. The summed E-state index contributed by atoms with van der Waals surface area (Å²) in [7, 11) is 0. The third-order valence-electron chi connectivity index (χ3n) is 2.83. The second-order valence-electron chi connectivity index (χ2n) is 3.84. The molecule has 0 fully saturated rings. The maximum atomic E-state index is 10.6. The number of hydrogen-bond donors (Lipinski definition) is 2. The monoisotopic (exact) mass is 218 g/mol. The third kappa shape index (κ3) is 1.67. The van der Waals surface area contributed by atoms with Crippen LogP contribution in [0.3, 0.4) is 0 Å². The van der Waals surface area contributed by atoms with E-state index in [-0.39, 0.29) is 0 Å². The molecule has 0 spiro atoms. The molecule has 0 aliphatic rings. The highest BCUT2D eigenvalue weighted by molar-refractivity contribution is 5.84. The van der Waals surface area contributed by atoms with Gasteiger partial charge in [0.15, 0.2) is 0 Å². The molecule has 1 aromatic carbocycles. The molecule has 2 N–H and O–H groups in total. The number of nitrogens with one attached hydrogen (secondary N) is 1. The number of carboxylic acid groups (broad SMARTS) is 1. The highest BCUT2D eigenvalue weighted by Gasteiger charge is 2.19. The van der Waals surface area contributed by atoms with Gasteiger partial charge in [-0.15, -0.1) is 0 Å². The SMILES string of the molecule is C[C@H](c1c[nH]c2ccccc12)[C@H](O)C(=O)[O-]. The Kier molecular flexibility index (Phi) is 2.66. The highest BCUT2D eigenvalue weighted by atomic mass is 16.4. The van der Waals surface area contributed by atoms with Gasteiger partial charge in [-0.3, -0.25) is 0 Å². The van der Waals surface area contributed by atoms with E-state index in [0.717, 1.165) is 16.5 Å². The van der Waals surface area contributed by atoms with Crippen molar-refractivity contribution in [1.29, 1.82) is 0 Å². The van der Waals surface area contributed by atoms with Crippen molar-refractivity contribution >= 4 is 16.9 Å². The average Bonchev–Trinajstić information content (AvgIpc) is 2.70. The number of benzene rings is 1. The summed E-state index contributed by atoms with van der Waals surface area (Å²) in [5.41, 5.74) is 1.71. The lowest BCUT2D eigenvalue weighted by atomic mass is 9.95. The van der Waals surface area contributed by atoms with Crippen LogP contribution in [-0.4, -0.2) is 22.2 Å². The predicted molar refractivity (Wildman–Crippen MR) is 57.7 cm³/mol. The van der Waals surface area contributed by atoms with E-state index in [1.54, 1.807) is 13.1 Å². The van der Waals surface area contributed by atoms with Crippen molar-refractivity contribution in [3.05, 3.63) is 36.0 Å². The van der Waals surface area contributed by atoms with Gasteiger partial charge in [-0.1, -0.05) is 25.1 Å². The molecule has 0 amide bonds. The van der Waals surface area contributed by atoms with Crippen molar-refractivity contribution in [2.75, 3.05) is 0 Å². The molecule has 0 bridgehead atoms. The van der Waals surface area contributed by atoms with Crippen molar-refractivity contribution in [2.24, 2.45) is 0 Å². The Balaban J connectivity index is 2.44. The molecule has 16 heavy (non-hydrogen) atoms. The van der Waals surface area contributed by atoms with Crippen molar-refractivity contribution in [1.82, 2.24) is 4.98 Å². The molecule has 0 radical (unpaired) electrons. The summed E-state index contributed by atoms with van der Waals surface area (Å²) in [6.45, 7) is 1.66. The smallest absolute Gasteiger partial charge is 0.1000 e. The largest absolute Gasteiger partial charge is 0.547 e. The van der Waals surface area contributed by atoms with Crippen LogP contribution in [0.25, 0.3) is 10.9 Å². The molecule has 0 aliphatic heterocycles. The zero-order chi connectivity index (χ0) is 11.7. The molecule has 4 heteroatoms. The first-order valence-corrected chi connectivity index (χ1v) is 5.06. The number of para-hydroxylation sites is 1. The number of rotatable bonds is 3. The summed E-state index contributed by atoms with van der Waals surface area (Å²) >= 11 is 0. The topological polar surface area (TPSA) is 76.1 Å². The Bertz CT molecular complexity index is 518. The summed E-state index contributed by atoms with van der Waals surface area (Å²) in [5.74, 6) is -1.95. The van der Waals surface area contributed by atoms with E-state index in [1.807, 2.05) is 24.3 Å². The number of aliphatic carboxylic acids is 1. The lowest BCUT2D eigenvalue weighted by Crippen LogP contribution is -2.38. The van der Waals surface area contributed by atoms with Crippen LogP contribution in [0.4, 0.5) is 0 Å². The van der Waals surface area contributed by atoms with Crippen molar-refractivity contribution in [2.45, 2.75) is 18.9 Å². The second-order valence-corrected chi connectivity index (χ2v) is 3.84. The second kappa shape index (κ2) is 3.98. The zero-order valence-corrected chi connectivity index (χ0v) is 8.81. The molecule has 1 aromatic heterocycles. The van der Waals surface area contributed by atoms with E-state index < -0.39 is 18.0 Å². The van der Waals surface area contributed by atoms with Crippen LogP contribution in [0.2, 0.25) is 0 Å². The normalized spacial score (nSPS) is 14.9. The van der Waals surface area contributed by atoms with Gasteiger partial charge >= 0.3 is 0 Å². The van der Waals surface area contributed by atoms with Gasteiger partial charge in [0.05, 0.1) is 12.1 Å². The molecule has 4 nitrogen and oxygen atoms in total. The zero-order valence-electron chi connectivity index (χ0n) is 8.81. The Morgan fingerprint density at radius 2 is 2.12 bits per heavy atom. The van der Waals surface area contributed by atoms with Gasteiger partial charge in [0, 0.05) is 23.0 Å². The Labute approximate surface area is 92.5 Å². The molecule has 0 aliphatic carbocycles. The number of carbonyl (C=O) groups is 1. The molecule has 0 saturated carbocycles. The van der Waals surface area contributed by atoms with Gasteiger partial charge in [-0.2, -0.15) is 0 Å². The molecule has 2 atom stereocenters. The average molecular weight is 218 g/mol. The fourth-order valence-electron chi connectivity index (χ4n) is 1.84. The van der Waals surface area contributed by atoms with E-state index in [2.05, 4.69) is 4.98 Å². The number of aromatic nitrogens is 1. The van der Waals surface area contributed by atoms with E-state index in [9.17, 15) is 15.0 Å². The fourth-order valence-corrected chi connectivity index (χ4v) is 1.84. The van der Waals surface area contributed by atoms with Gasteiger partial charge in [0.1, 0.15) is 0 Å². The highest BCUT2D eigenvalue weighted by Crippen LogP contribution is 2.27. The number of carboxylic acids is 1. The Hall–Kier alpha value is -1.81. The Morgan fingerprint density at radius 3 is 2.81 bits per heavy atom. The fraction of sp³-hybridized carbons (Fsp3) is 0.250. The molecule has 84 valence electrons.